The molecule has 3 heterocycles. The summed E-state index contributed by atoms with van der Waals surface area (Å²) in [5, 5.41) is 12.7. The summed E-state index contributed by atoms with van der Waals surface area (Å²) in [7, 11) is 0. The first-order valence-electron chi connectivity index (χ1n) is 12.0. The molecule has 0 unspecified atom stereocenters. The predicted molar refractivity (Wildman–Crippen MR) is 139 cm³/mol. The molecule has 1 N–H and O–H groups in total. The maximum absolute atomic E-state index is 10.2. The van der Waals surface area contributed by atoms with Gasteiger partial charge >= 0.3 is 0 Å². The standard InChI is InChI=1S/C30H25N3O/c34-19-20-17-29(32-25-13-5-1-9-21(25)22-10-2-6-14-26(22)32)31-30(18-20)33-27-15-7-3-11-23(27)24-12-4-8-16-28(24)33/h1-5,7,9-13,15,17-18,34H,6,8,14,16,19H2. The first-order valence-corrected chi connectivity index (χ1v) is 12.0. The Morgan fingerprint density at radius 1 is 0.706 bits per heavy atom. The fourth-order valence-corrected chi connectivity index (χ4v) is 5.74. The molecule has 3 aromatic heterocycles. The molecule has 166 valence electrons. The Labute approximate surface area is 198 Å². The number of para-hydroxylation sites is 2. The minimum atomic E-state index is -0.0227. The van der Waals surface area contributed by atoms with Crippen LogP contribution in [0.3, 0.4) is 0 Å². The lowest BCUT2D eigenvalue weighted by molar-refractivity contribution is 0.281. The van der Waals surface area contributed by atoms with E-state index in [0.717, 1.165) is 53.9 Å². The molecular weight excluding hydrogens is 418 g/mol. The molecule has 7 rings (SSSR count). The van der Waals surface area contributed by atoms with Crippen LogP contribution in [-0.4, -0.2) is 19.2 Å². The van der Waals surface area contributed by atoms with Crippen LogP contribution in [0.25, 0.3) is 45.6 Å². The van der Waals surface area contributed by atoms with Gasteiger partial charge in [0.15, 0.2) is 0 Å². The van der Waals surface area contributed by atoms with Crippen molar-refractivity contribution in [2.24, 2.45) is 0 Å². The second kappa shape index (κ2) is 7.57. The Morgan fingerprint density at radius 2 is 1.21 bits per heavy atom. The Kier molecular flexibility index (Phi) is 4.36. The topological polar surface area (TPSA) is 43.0 Å². The van der Waals surface area contributed by atoms with Gasteiger partial charge in [-0.1, -0.05) is 60.7 Å². The number of hydrogen-bond donors (Lipinski definition) is 1. The van der Waals surface area contributed by atoms with Gasteiger partial charge in [0.05, 0.1) is 17.6 Å². The minimum Gasteiger partial charge on any atom is -0.392 e. The SMILES string of the molecule is OCc1cc(-n2c3c(c4ccccc42)C=CCC3)nc(-n2c3c(c4ccccc42)C=CCC3)c1. The third kappa shape index (κ3) is 2.79. The molecule has 0 amide bonds. The van der Waals surface area contributed by atoms with Gasteiger partial charge in [-0.3, -0.25) is 9.13 Å². The quantitative estimate of drug-likeness (QED) is 0.352. The van der Waals surface area contributed by atoms with Gasteiger partial charge in [0.2, 0.25) is 0 Å². The maximum Gasteiger partial charge on any atom is 0.140 e. The number of rotatable bonds is 3. The summed E-state index contributed by atoms with van der Waals surface area (Å²) < 4.78 is 4.60. The molecule has 2 aromatic carbocycles. The number of pyridine rings is 1. The number of fused-ring (bicyclic) bond motifs is 6. The number of benzene rings is 2. The van der Waals surface area contributed by atoms with Crippen LogP contribution in [-0.2, 0) is 19.4 Å². The van der Waals surface area contributed by atoms with Gasteiger partial charge < -0.3 is 5.11 Å². The molecule has 4 nitrogen and oxygen atoms in total. The Balaban J connectivity index is 1.54. The van der Waals surface area contributed by atoms with Gasteiger partial charge in [0, 0.05) is 33.3 Å². The summed E-state index contributed by atoms with van der Waals surface area (Å²) in [4.78, 5) is 5.25. The first kappa shape index (κ1) is 19.6. The average molecular weight is 444 g/mol. The van der Waals surface area contributed by atoms with E-state index in [9.17, 15) is 5.11 Å². The van der Waals surface area contributed by atoms with Crippen LogP contribution in [0.1, 0.15) is 40.9 Å². The van der Waals surface area contributed by atoms with Gasteiger partial charge in [-0.15, -0.1) is 0 Å². The average Bonchev–Trinajstić information content (AvgIpc) is 3.42. The highest BCUT2D eigenvalue weighted by Crippen LogP contribution is 2.36. The van der Waals surface area contributed by atoms with Crippen LogP contribution in [0.2, 0.25) is 0 Å². The molecule has 0 atom stereocenters. The molecule has 2 aliphatic carbocycles. The molecule has 5 aromatic rings. The van der Waals surface area contributed by atoms with Crippen molar-refractivity contribution in [2.45, 2.75) is 32.3 Å². The van der Waals surface area contributed by atoms with Crippen LogP contribution in [0, 0.1) is 0 Å². The van der Waals surface area contributed by atoms with E-state index >= 15 is 0 Å². The molecule has 0 aliphatic heterocycles. The van der Waals surface area contributed by atoms with Crippen molar-refractivity contribution in [1.82, 2.24) is 14.1 Å². The normalized spacial score (nSPS) is 14.6. The maximum atomic E-state index is 10.2. The largest absolute Gasteiger partial charge is 0.392 e. The minimum absolute atomic E-state index is 0.0227. The second-order valence-corrected chi connectivity index (χ2v) is 9.16. The smallest absolute Gasteiger partial charge is 0.140 e. The fourth-order valence-electron chi connectivity index (χ4n) is 5.74. The lowest BCUT2D eigenvalue weighted by Crippen LogP contribution is -2.10. The zero-order valence-electron chi connectivity index (χ0n) is 18.9. The van der Waals surface area contributed by atoms with Gasteiger partial charge in [-0.25, -0.2) is 4.98 Å². The lowest BCUT2D eigenvalue weighted by Gasteiger charge is -2.17. The van der Waals surface area contributed by atoms with Gasteiger partial charge in [0.1, 0.15) is 11.6 Å². The van der Waals surface area contributed by atoms with Gasteiger partial charge in [0.25, 0.3) is 0 Å². The molecule has 0 spiro atoms. The molecule has 34 heavy (non-hydrogen) atoms. The third-order valence-corrected chi connectivity index (χ3v) is 7.20. The molecule has 0 saturated heterocycles. The monoisotopic (exact) mass is 443 g/mol. The van der Waals surface area contributed by atoms with E-state index in [4.69, 9.17) is 4.98 Å². The van der Waals surface area contributed by atoms with Crippen molar-refractivity contribution in [3.8, 4) is 11.6 Å². The summed E-state index contributed by atoms with van der Waals surface area (Å²) in [6.45, 7) is -0.0227. The van der Waals surface area contributed by atoms with Crippen LogP contribution in [0.5, 0.6) is 0 Å². The number of nitrogens with zero attached hydrogens (tertiary/aromatic N) is 3. The van der Waals surface area contributed by atoms with Crippen molar-refractivity contribution < 1.29 is 5.11 Å². The van der Waals surface area contributed by atoms with E-state index in [1.165, 1.54) is 33.3 Å². The number of aromatic nitrogens is 3. The van der Waals surface area contributed by atoms with Crippen molar-refractivity contribution in [3.63, 3.8) is 0 Å². The van der Waals surface area contributed by atoms with Crippen LogP contribution in [0.4, 0.5) is 0 Å². The fraction of sp³-hybridized carbons (Fsp3) is 0.167. The van der Waals surface area contributed by atoms with Gasteiger partial charge in [-0.05, 0) is 55.5 Å². The summed E-state index contributed by atoms with van der Waals surface area (Å²) in [6.07, 6.45) is 13.0. The van der Waals surface area contributed by atoms with E-state index in [1.807, 2.05) is 12.1 Å². The zero-order chi connectivity index (χ0) is 22.6. The summed E-state index contributed by atoms with van der Waals surface area (Å²) in [5.41, 5.74) is 8.35. The number of aliphatic hydroxyl groups is 1. The van der Waals surface area contributed by atoms with E-state index in [1.54, 1.807) is 0 Å². The van der Waals surface area contributed by atoms with Crippen molar-refractivity contribution >= 4 is 34.0 Å². The molecule has 0 fully saturated rings. The second-order valence-electron chi connectivity index (χ2n) is 9.16. The van der Waals surface area contributed by atoms with E-state index in [0.29, 0.717) is 0 Å². The highest BCUT2D eigenvalue weighted by molar-refractivity contribution is 5.94. The first-order chi connectivity index (χ1) is 16.8. The Morgan fingerprint density at radius 3 is 1.71 bits per heavy atom. The predicted octanol–water partition coefficient (Wildman–Crippen LogP) is 6.38. The number of aliphatic hydroxyl groups excluding tert-OH is 1. The molecule has 4 heteroatoms. The van der Waals surface area contributed by atoms with Crippen molar-refractivity contribution in [2.75, 3.05) is 0 Å². The van der Waals surface area contributed by atoms with Crippen LogP contribution in [0.15, 0.2) is 72.8 Å². The Hall–Kier alpha value is -3.89. The molecular formula is C30H25N3O. The van der Waals surface area contributed by atoms with E-state index < -0.39 is 0 Å². The molecule has 0 saturated carbocycles. The highest BCUT2D eigenvalue weighted by atomic mass is 16.3. The summed E-state index contributed by atoms with van der Waals surface area (Å²) in [5.74, 6) is 1.74. The highest BCUT2D eigenvalue weighted by Gasteiger charge is 2.22. The molecule has 2 aliphatic rings. The molecule has 0 radical (unpaired) electrons. The van der Waals surface area contributed by atoms with Crippen LogP contribution >= 0.6 is 0 Å². The molecule has 0 bridgehead atoms. The zero-order valence-corrected chi connectivity index (χ0v) is 18.9. The van der Waals surface area contributed by atoms with Crippen molar-refractivity contribution in [1.29, 1.82) is 0 Å². The Bertz CT molecular complexity index is 1530. The number of allylic oxidation sites excluding steroid dienone is 2. The van der Waals surface area contributed by atoms with Crippen molar-refractivity contribution in [3.05, 3.63) is 101 Å². The van der Waals surface area contributed by atoms with Gasteiger partial charge in [-0.2, -0.15) is 0 Å². The van der Waals surface area contributed by atoms with E-state index in [-0.39, 0.29) is 6.61 Å². The lowest BCUT2D eigenvalue weighted by atomic mass is 10.0. The van der Waals surface area contributed by atoms with E-state index in [2.05, 4.69) is 82.0 Å². The third-order valence-electron chi connectivity index (χ3n) is 7.20. The summed E-state index contributed by atoms with van der Waals surface area (Å²) in [6, 6.07) is 21.2. The van der Waals surface area contributed by atoms with Crippen LogP contribution < -0.4 is 0 Å². The summed E-state index contributed by atoms with van der Waals surface area (Å²) >= 11 is 0. The number of hydrogen-bond acceptors (Lipinski definition) is 2.